The first-order valence-corrected chi connectivity index (χ1v) is 8.27. The van der Waals surface area contributed by atoms with Crippen molar-refractivity contribution in [2.75, 3.05) is 19.7 Å². The maximum atomic E-state index is 12.9. The maximum absolute atomic E-state index is 12.9. The number of morpholine rings is 1. The Bertz CT molecular complexity index is 944. The summed E-state index contributed by atoms with van der Waals surface area (Å²) in [6, 6.07) is 3.68. The standard InChI is InChI=1S/C17H20N6O2/c1-10-6-12(3)23-15(19-10)7-13(21-23)17(24)22-4-5-25-14(9-22)16-18-8-11(2)20-16/h6-8,14H,4-5,9H2,1-3H3,(H,18,20)/t14-/m1/s1. The molecule has 0 aliphatic carbocycles. The summed E-state index contributed by atoms with van der Waals surface area (Å²) in [5.41, 5.74) is 3.92. The van der Waals surface area contributed by atoms with E-state index in [1.165, 1.54) is 0 Å². The Morgan fingerprint density at radius 2 is 2.16 bits per heavy atom. The van der Waals surface area contributed by atoms with Gasteiger partial charge in [0, 0.05) is 35.9 Å². The number of nitrogens with one attached hydrogen (secondary N) is 1. The molecule has 8 heteroatoms. The molecule has 4 heterocycles. The van der Waals surface area contributed by atoms with E-state index in [0.717, 1.165) is 22.9 Å². The number of nitrogens with zero attached hydrogens (tertiary/aromatic N) is 5. The smallest absolute Gasteiger partial charge is 0.274 e. The summed E-state index contributed by atoms with van der Waals surface area (Å²) < 4.78 is 7.46. The first kappa shape index (κ1) is 15.8. The third-order valence-electron chi connectivity index (χ3n) is 4.33. The van der Waals surface area contributed by atoms with Crippen molar-refractivity contribution in [1.29, 1.82) is 0 Å². The number of ether oxygens (including phenoxy) is 1. The quantitative estimate of drug-likeness (QED) is 0.765. The highest BCUT2D eigenvalue weighted by atomic mass is 16.5. The second-order valence-electron chi connectivity index (χ2n) is 6.40. The molecule has 3 aromatic heterocycles. The molecule has 0 bridgehead atoms. The number of aromatic amines is 1. The van der Waals surface area contributed by atoms with Crippen LogP contribution < -0.4 is 0 Å². The fraction of sp³-hybridized carbons (Fsp3) is 0.412. The van der Waals surface area contributed by atoms with E-state index in [9.17, 15) is 4.79 Å². The monoisotopic (exact) mass is 340 g/mol. The van der Waals surface area contributed by atoms with Crippen molar-refractivity contribution in [3.63, 3.8) is 0 Å². The van der Waals surface area contributed by atoms with Crippen molar-refractivity contribution in [3.05, 3.63) is 46.9 Å². The van der Waals surface area contributed by atoms with Crippen molar-refractivity contribution in [1.82, 2.24) is 29.5 Å². The number of amides is 1. The number of H-pyrrole nitrogens is 1. The molecule has 8 nitrogen and oxygen atoms in total. The third kappa shape index (κ3) is 2.89. The molecule has 1 aliphatic rings. The number of hydrogen-bond acceptors (Lipinski definition) is 5. The van der Waals surface area contributed by atoms with Crippen LogP contribution in [-0.4, -0.2) is 55.1 Å². The number of aromatic nitrogens is 5. The van der Waals surface area contributed by atoms with Crippen LogP contribution in [0.4, 0.5) is 0 Å². The van der Waals surface area contributed by atoms with E-state index in [1.807, 2.05) is 26.8 Å². The summed E-state index contributed by atoms with van der Waals surface area (Å²) in [5, 5.41) is 4.43. The Morgan fingerprint density at radius 3 is 2.92 bits per heavy atom. The molecular formula is C17H20N6O2. The molecule has 1 aliphatic heterocycles. The average Bonchev–Trinajstić information content (AvgIpc) is 3.21. The minimum atomic E-state index is -0.245. The molecule has 1 amide bonds. The minimum Gasteiger partial charge on any atom is -0.367 e. The van der Waals surface area contributed by atoms with E-state index in [2.05, 4.69) is 20.1 Å². The summed E-state index contributed by atoms with van der Waals surface area (Å²) in [6.45, 7) is 7.28. The average molecular weight is 340 g/mol. The molecule has 130 valence electrons. The summed E-state index contributed by atoms with van der Waals surface area (Å²) in [5.74, 6) is 0.636. The van der Waals surface area contributed by atoms with Gasteiger partial charge >= 0.3 is 0 Å². The van der Waals surface area contributed by atoms with Gasteiger partial charge in [0.25, 0.3) is 5.91 Å². The SMILES string of the molecule is Cc1cc(C)n2nc(C(=O)N3CCO[C@@H](c4ncc(C)[nH]4)C3)cc2n1. The lowest BCUT2D eigenvalue weighted by molar-refractivity contribution is -0.0266. The van der Waals surface area contributed by atoms with Gasteiger partial charge < -0.3 is 14.6 Å². The van der Waals surface area contributed by atoms with Crippen LogP contribution in [0.25, 0.3) is 5.65 Å². The van der Waals surface area contributed by atoms with Crippen molar-refractivity contribution in [2.45, 2.75) is 26.9 Å². The Hall–Kier alpha value is -2.74. The van der Waals surface area contributed by atoms with Crippen LogP contribution in [-0.2, 0) is 4.74 Å². The van der Waals surface area contributed by atoms with Gasteiger partial charge in [-0.2, -0.15) is 5.10 Å². The first-order valence-electron chi connectivity index (χ1n) is 8.27. The van der Waals surface area contributed by atoms with Crippen molar-refractivity contribution < 1.29 is 9.53 Å². The lowest BCUT2D eigenvalue weighted by Crippen LogP contribution is -2.42. The number of rotatable bonds is 2. The van der Waals surface area contributed by atoms with E-state index in [1.54, 1.807) is 21.7 Å². The van der Waals surface area contributed by atoms with E-state index in [-0.39, 0.29) is 12.0 Å². The van der Waals surface area contributed by atoms with Crippen LogP contribution in [0.3, 0.4) is 0 Å². The fourth-order valence-electron chi connectivity index (χ4n) is 3.15. The summed E-state index contributed by atoms with van der Waals surface area (Å²) >= 11 is 0. The molecule has 3 aromatic rings. The molecule has 0 radical (unpaired) electrons. The van der Waals surface area contributed by atoms with Crippen LogP contribution in [0.2, 0.25) is 0 Å². The predicted octanol–water partition coefficient (Wildman–Crippen LogP) is 1.59. The number of carbonyl (C=O) groups is 1. The molecule has 4 rings (SSSR count). The van der Waals surface area contributed by atoms with Crippen LogP contribution in [0, 0.1) is 20.8 Å². The van der Waals surface area contributed by atoms with Crippen LogP contribution in [0.5, 0.6) is 0 Å². The molecule has 0 saturated carbocycles. The van der Waals surface area contributed by atoms with Gasteiger partial charge in [0.15, 0.2) is 11.3 Å². The van der Waals surface area contributed by atoms with Gasteiger partial charge in [-0.3, -0.25) is 4.79 Å². The normalized spacial score (nSPS) is 18.0. The Morgan fingerprint density at radius 1 is 1.32 bits per heavy atom. The Labute approximate surface area is 144 Å². The molecular weight excluding hydrogens is 320 g/mol. The van der Waals surface area contributed by atoms with Gasteiger partial charge in [-0.15, -0.1) is 0 Å². The maximum Gasteiger partial charge on any atom is 0.274 e. The second kappa shape index (κ2) is 5.96. The highest BCUT2D eigenvalue weighted by Crippen LogP contribution is 2.21. The van der Waals surface area contributed by atoms with Crippen molar-refractivity contribution in [2.24, 2.45) is 0 Å². The Kier molecular flexibility index (Phi) is 3.76. The zero-order chi connectivity index (χ0) is 17.6. The second-order valence-corrected chi connectivity index (χ2v) is 6.40. The third-order valence-corrected chi connectivity index (χ3v) is 4.33. The zero-order valence-electron chi connectivity index (χ0n) is 14.5. The highest BCUT2D eigenvalue weighted by Gasteiger charge is 2.29. The number of imidazole rings is 1. The number of hydrogen-bond donors (Lipinski definition) is 1. The molecule has 1 fully saturated rings. The fourth-order valence-corrected chi connectivity index (χ4v) is 3.15. The van der Waals surface area contributed by atoms with Crippen LogP contribution in [0.15, 0.2) is 18.3 Å². The van der Waals surface area contributed by atoms with Gasteiger partial charge in [0.2, 0.25) is 0 Å². The van der Waals surface area contributed by atoms with Crippen LogP contribution in [0.1, 0.15) is 39.5 Å². The minimum absolute atomic E-state index is 0.112. The summed E-state index contributed by atoms with van der Waals surface area (Å²) in [7, 11) is 0. The lowest BCUT2D eigenvalue weighted by Gasteiger charge is -2.31. The highest BCUT2D eigenvalue weighted by molar-refractivity contribution is 5.93. The van der Waals surface area contributed by atoms with Gasteiger partial charge in [-0.25, -0.2) is 14.5 Å². The molecule has 1 N–H and O–H groups in total. The van der Waals surface area contributed by atoms with E-state index in [4.69, 9.17) is 4.74 Å². The molecule has 1 atom stereocenters. The van der Waals surface area contributed by atoms with E-state index >= 15 is 0 Å². The molecule has 25 heavy (non-hydrogen) atoms. The first-order chi connectivity index (χ1) is 12.0. The Balaban J connectivity index is 1.59. The van der Waals surface area contributed by atoms with Gasteiger partial charge in [-0.1, -0.05) is 0 Å². The summed E-state index contributed by atoms with van der Waals surface area (Å²) in [6.07, 6.45) is 1.52. The summed E-state index contributed by atoms with van der Waals surface area (Å²) in [4.78, 5) is 26.6. The predicted molar refractivity (Wildman–Crippen MR) is 90.4 cm³/mol. The van der Waals surface area contributed by atoms with Gasteiger partial charge in [0.05, 0.1) is 13.2 Å². The number of fused-ring (bicyclic) bond motifs is 1. The molecule has 1 saturated heterocycles. The van der Waals surface area contributed by atoms with Gasteiger partial charge in [-0.05, 0) is 26.8 Å². The number of carbonyl (C=O) groups excluding carboxylic acids is 1. The largest absolute Gasteiger partial charge is 0.367 e. The molecule has 0 spiro atoms. The van der Waals surface area contributed by atoms with Crippen molar-refractivity contribution >= 4 is 11.6 Å². The zero-order valence-corrected chi connectivity index (χ0v) is 14.5. The lowest BCUT2D eigenvalue weighted by atomic mass is 10.2. The van der Waals surface area contributed by atoms with Gasteiger partial charge in [0.1, 0.15) is 11.9 Å². The molecule has 0 unspecified atom stereocenters. The molecule has 0 aromatic carbocycles. The van der Waals surface area contributed by atoms with E-state index < -0.39 is 0 Å². The van der Waals surface area contributed by atoms with Crippen molar-refractivity contribution in [3.8, 4) is 0 Å². The van der Waals surface area contributed by atoms with Crippen LogP contribution >= 0.6 is 0 Å². The van der Waals surface area contributed by atoms with E-state index in [0.29, 0.717) is 31.0 Å². The number of aryl methyl sites for hydroxylation is 3. The topological polar surface area (TPSA) is 88.4 Å².